The Balaban J connectivity index is 0.000000234. The molecule has 2 heterocycles. The first kappa shape index (κ1) is 21.8. The van der Waals surface area contributed by atoms with Crippen LogP contribution in [0.2, 0.25) is 10.0 Å². The van der Waals surface area contributed by atoms with Gasteiger partial charge in [0.15, 0.2) is 0 Å². The van der Waals surface area contributed by atoms with Gasteiger partial charge in [-0.05, 0) is 5.56 Å². The van der Waals surface area contributed by atoms with Crippen LogP contribution in [0.5, 0.6) is 5.88 Å². The van der Waals surface area contributed by atoms with Gasteiger partial charge in [-0.2, -0.15) is 0 Å². The molecule has 0 saturated heterocycles. The Hall–Kier alpha value is -3.50. The number of hydrogen-bond acceptors (Lipinski definition) is 7. The number of halogens is 2. The fourth-order valence-electron chi connectivity index (χ4n) is 1.93. The molecule has 0 fully saturated rings. The van der Waals surface area contributed by atoms with Crippen LogP contribution in [0.3, 0.4) is 0 Å². The van der Waals surface area contributed by atoms with Gasteiger partial charge in [-0.15, -0.1) is 0 Å². The number of nitro groups is 2. The fraction of sp³-hybridized carbons (Fsp3) is 0.0588. The van der Waals surface area contributed by atoms with E-state index in [1.54, 1.807) is 0 Å². The number of aromatic amines is 1. The molecule has 0 radical (unpaired) electrons. The second-order valence-corrected chi connectivity index (χ2v) is 6.11. The van der Waals surface area contributed by atoms with Crippen LogP contribution in [0.25, 0.3) is 0 Å². The highest BCUT2D eigenvalue weighted by molar-refractivity contribution is 6.32. The summed E-state index contributed by atoms with van der Waals surface area (Å²) in [6, 6.07) is 11.8. The molecule has 10 nitrogen and oxygen atoms in total. The van der Waals surface area contributed by atoms with Crippen molar-refractivity contribution in [3.8, 4) is 5.88 Å². The smallest absolute Gasteiger partial charge is 0.306 e. The van der Waals surface area contributed by atoms with Crippen molar-refractivity contribution in [1.82, 2.24) is 9.97 Å². The predicted molar refractivity (Wildman–Crippen MR) is 105 cm³/mol. The number of pyridine rings is 2. The molecular formula is C17H12Cl2N4O6. The zero-order valence-corrected chi connectivity index (χ0v) is 16.0. The number of rotatable bonds is 5. The summed E-state index contributed by atoms with van der Waals surface area (Å²) in [5.41, 5.74) is -0.00984. The zero-order chi connectivity index (χ0) is 21.4. The summed E-state index contributed by atoms with van der Waals surface area (Å²) in [4.78, 5) is 35.9. The SMILES string of the molecule is O=[N+]([O-])c1cnc(OCc2ccccc2)cc1Cl.O=c1cc(Cl)c([N+](=O)[O-])c[nH]1. The van der Waals surface area contributed by atoms with Crippen molar-refractivity contribution in [2.75, 3.05) is 0 Å². The molecule has 12 heteroatoms. The molecule has 2 aromatic heterocycles. The van der Waals surface area contributed by atoms with E-state index in [2.05, 4.69) is 9.97 Å². The van der Waals surface area contributed by atoms with Crippen LogP contribution in [0.4, 0.5) is 11.4 Å². The van der Waals surface area contributed by atoms with Crippen molar-refractivity contribution in [3.05, 3.63) is 101 Å². The van der Waals surface area contributed by atoms with Gasteiger partial charge >= 0.3 is 11.4 Å². The van der Waals surface area contributed by atoms with Gasteiger partial charge in [0.2, 0.25) is 11.4 Å². The van der Waals surface area contributed by atoms with Gasteiger partial charge in [0.1, 0.15) is 22.8 Å². The van der Waals surface area contributed by atoms with Gasteiger partial charge in [0.05, 0.1) is 16.0 Å². The van der Waals surface area contributed by atoms with Crippen molar-refractivity contribution in [2.24, 2.45) is 0 Å². The van der Waals surface area contributed by atoms with Crippen molar-refractivity contribution < 1.29 is 14.6 Å². The maximum absolute atomic E-state index is 10.6. The summed E-state index contributed by atoms with van der Waals surface area (Å²) in [6.07, 6.45) is 2.05. The summed E-state index contributed by atoms with van der Waals surface area (Å²) in [5, 5.41) is 20.5. The molecule has 0 bridgehead atoms. The Labute approximate surface area is 173 Å². The lowest BCUT2D eigenvalue weighted by Crippen LogP contribution is -2.04. The molecule has 0 unspecified atom stereocenters. The van der Waals surface area contributed by atoms with E-state index in [-0.39, 0.29) is 27.3 Å². The molecule has 0 amide bonds. The number of nitrogens with zero attached hydrogens (tertiary/aromatic N) is 3. The van der Waals surface area contributed by atoms with Crippen LogP contribution in [0, 0.1) is 20.2 Å². The third-order valence-electron chi connectivity index (χ3n) is 3.29. The van der Waals surface area contributed by atoms with Gasteiger partial charge in [-0.25, -0.2) is 4.98 Å². The van der Waals surface area contributed by atoms with E-state index < -0.39 is 15.4 Å². The number of ether oxygens (including phenoxy) is 1. The van der Waals surface area contributed by atoms with Crippen LogP contribution >= 0.6 is 23.2 Å². The molecule has 1 aromatic carbocycles. The van der Waals surface area contributed by atoms with Crippen LogP contribution in [-0.4, -0.2) is 19.8 Å². The topological polar surface area (TPSA) is 141 Å². The highest BCUT2D eigenvalue weighted by Crippen LogP contribution is 2.26. The Morgan fingerprint density at radius 1 is 1.00 bits per heavy atom. The molecular weight excluding hydrogens is 427 g/mol. The van der Waals surface area contributed by atoms with Crippen LogP contribution in [0.15, 0.2) is 59.7 Å². The van der Waals surface area contributed by atoms with Gasteiger partial charge in [0, 0.05) is 12.1 Å². The lowest BCUT2D eigenvalue weighted by Gasteiger charge is -2.05. The Morgan fingerprint density at radius 3 is 2.17 bits per heavy atom. The van der Waals surface area contributed by atoms with E-state index in [0.29, 0.717) is 6.61 Å². The number of hydrogen-bond donors (Lipinski definition) is 1. The number of benzene rings is 1. The average Bonchev–Trinajstić information content (AvgIpc) is 2.67. The van der Waals surface area contributed by atoms with E-state index in [4.69, 9.17) is 27.9 Å². The highest BCUT2D eigenvalue weighted by Gasteiger charge is 2.14. The van der Waals surface area contributed by atoms with E-state index >= 15 is 0 Å². The molecule has 0 saturated carbocycles. The van der Waals surface area contributed by atoms with Gasteiger partial charge < -0.3 is 9.72 Å². The third kappa shape index (κ3) is 6.55. The molecule has 3 aromatic rings. The largest absolute Gasteiger partial charge is 0.473 e. The quantitative estimate of drug-likeness (QED) is 0.465. The van der Waals surface area contributed by atoms with E-state index in [1.165, 1.54) is 6.07 Å². The summed E-state index contributed by atoms with van der Waals surface area (Å²) in [5.74, 6) is 0.259. The monoisotopic (exact) mass is 438 g/mol. The first-order chi connectivity index (χ1) is 13.8. The number of nitrogens with one attached hydrogen (secondary N) is 1. The second-order valence-electron chi connectivity index (χ2n) is 5.29. The summed E-state index contributed by atoms with van der Waals surface area (Å²) in [6.45, 7) is 0.335. The minimum Gasteiger partial charge on any atom is -0.473 e. The minimum atomic E-state index is -0.668. The molecule has 0 spiro atoms. The Morgan fingerprint density at radius 2 is 1.62 bits per heavy atom. The third-order valence-corrected chi connectivity index (χ3v) is 3.89. The van der Waals surface area contributed by atoms with Crippen molar-refractivity contribution in [1.29, 1.82) is 0 Å². The Bertz CT molecular complexity index is 1080. The van der Waals surface area contributed by atoms with Crippen molar-refractivity contribution >= 4 is 34.6 Å². The van der Waals surface area contributed by atoms with Crippen LogP contribution in [-0.2, 0) is 6.61 Å². The summed E-state index contributed by atoms with van der Waals surface area (Å²) >= 11 is 11.1. The van der Waals surface area contributed by atoms with Gasteiger partial charge in [-0.3, -0.25) is 25.0 Å². The van der Waals surface area contributed by atoms with E-state index in [1.807, 2.05) is 30.3 Å². The molecule has 0 aliphatic heterocycles. The zero-order valence-electron chi connectivity index (χ0n) is 14.5. The molecule has 150 valence electrons. The highest BCUT2D eigenvalue weighted by atomic mass is 35.5. The van der Waals surface area contributed by atoms with Crippen LogP contribution < -0.4 is 10.3 Å². The molecule has 3 rings (SSSR count). The maximum Gasteiger partial charge on any atom is 0.306 e. The van der Waals surface area contributed by atoms with E-state index in [0.717, 1.165) is 24.0 Å². The summed E-state index contributed by atoms with van der Waals surface area (Å²) in [7, 11) is 0. The standard InChI is InChI=1S/C12H9ClN2O3.C5H3ClN2O3/c13-10-6-12(14-7-11(10)15(16)17)18-8-9-4-2-1-3-5-9;6-3-1-5(9)7-2-4(3)8(10)11/h1-7H,8H2;1-2H,(H,7,9). The molecule has 1 N–H and O–H groups in total. The molecule has 0 aliphatic carbocycles. The second kappa shape index (κ2) is 10.2. The minimum absolute atomic E-state index is 0.0121. The van der Waals surface area contributed by atoms with Gasteiger partial charge in [-0.1, -0.05) is 53.5 Å². The normalized spacial score (nSPS) is 9.86. The molecule has 29 heavy (non-hydrogen) atoms. The van der Waals surface area contributed by atoms with Crippen molar-refractivity contribution in [3.63, 3.8) is 0 Å². The number of aromatic nitrogens is 2. The predicted octanol–water partition coefficient (Wildman–Crippen LogP) is 4.16. The number of H-pyrrole nitrogens is 1. The maximum atomic E-state index is 10.6. The molecule has 0 atom stereocenters. The fourth-order valence-corrected chi connectivity index (χ4v) is 2.36. The lowest BCUT2D eigenvalue weighted by atomic mass is 10.2. The first-order valence-corrected chi connectivity index (χ1v) is 8.53. The van der Waals surface area contributed by atoms with E-state index in [9.17, 15) is 25.0 Å². The average molecular weight is 439 g/mol. The van der Waals surface area contributed by atoms with Crippen molar-refractivity contribution in [2.45, 2.75) is 6.61 Å². The summed E-state index contributed by atoms with van der Waals surface area (Å²) < 4.78 is 5.39. The first-order valence-electron chi connectivity index (χ1n) is 7.77. The van der Waals surface area contributed by atoms with Gasteiger partial charge in [0.25, 0.3) is 0 Å². The van der Waals surface area contributed by atoms with Crippen LogP contribution in [0.1, 0.15) is 5.56 Å². The Kier molecular flexibility index (Phi) is 7.63. The lowest BCUT2D eigenvalue weighted by molar-refractivity contribution is -0.385. The molecule has 0 aliphatic rings.